The standard InChI is InChI=1S/C22H28N2O/c1-6-24-21-12-7-17(13-20(21)16(2)14-22(24,3)4)15-23-18-8-10-19(25-5)11-9-18/h7-13,15-16H,6,14H2,1-5H3/t16-/m0/s1. The molecule has 0 radical (unpaired) electrons. The molecular formula is C22H28N2O. The highest BCUT2D eigenvalue weighted by atomic mass is 16.5. The van der Waals surface area contributed by atoms with Gasteiger partial charge in [0.25, 0.3) is 0 Å². The van der Waals surface area contributed by atoms with Crippen LogP contribution in [0.5, 0.6) is 5.75 Å². The number of anilines is 1. The highest BCUT2D eigenvalue weighted by Gasteiger charge is 2.35. The number of aliphatic imine (C=N–C) groups is 1. The molecule has 0 spiro atoms. The number of ether oxygens (including phenoxy) is 1. The van der Waals surface area contributed by atoms with Crippen molar-refractivity contribution in [2.75, 3.05) is 18.6 Å². The second-order valence-corrected chi connectivity index (χ2v) is 7.44. The highest BCUT2D eigenvalue weighted by Crippen LogP contribution is 2.43. The van der Waals surface area contributed by atoms with E-state index in [9.17, 15) is 0 Å². The predicted octanol–water partition coefficient (Wildman–Crippen LogP) is 5.56. The molecule has 1 aliphatic heterocycles. The monoisotopic (exact) mass is 336 g/mol. The van der Waals surface area contributed by atoms with Crippen LogP contribution in [0, 0.1) is 0 Å². The first-order chi connectivity index (χ1) is 11.9. The van der Waals surface area contributed by atoms with Gasteiger partial charge in [0.05, 0.1) is 12.8 Å². The number of hydrogen-bond donors (Lipinski definition) is 0. The lowest BCUT2D eigenvalue weighted by Crippen LogP contribution is -2.48. The average Bonchev–Trinajstić information content (AvgIpc) is 2.60. The zero-order valence-electron chi connectivity index (χ0n) is 15.9. The minimum atomic E-state index is 0.208. The Morgan fingerprint density at radius 1 is 1.20 bits per heavy atom. The lowest BCUT2D eigenvalue weighted by Gasteiger charge is -2.47. The van der Waals surface area contributed by atoms with Gasteiger partial charge in [-0.25, -0.2) is 0 Å². The van der Waals surface area contributed by atoms with Crippen molar-refractivity contribution in [3.8, 4) is 5.75 Å². The number of nitrogens with zero attached hydrogens (tertiary/aromatic N) is 2. The van der Waals surface area contributed by atoms with Crippen molar-refractivity contribution >= 4 is 17.6 Å². The lowest BCUT2D eigenvalue weighted by molar-refractivity contribution is 0.381. The van der Waals surface area contributed by atoms with E-state index < -0.39 is 0 Å². The Bertz CT molecular complexity index is 762. The zero-order valence-corrected chi connectivity index (χ0v) is 15.9. The second kappa shape index (κ2) is 6.91. The first kappa shape index (κ1) is 17.5. The van der Waals surface area contributed by atoms with Crippen molar-refractivity contribution in [2.24, 2.45) is 4.99 Å². The van der Waals surface area contributed by atoms with E-state index >= 15 is 0 Å². The molecule has 0 unspecified atom stereocenters. The third-order valence-electron chi connectivity index (χ3n) is 5.16. The Morgan fingerprint density at radius 3 is 2.56 bits per heavy atom. The minimum Gasteiger partial charge on any atom is -0.497 e. The van der Waals surface area contributed by atoms with Gasteiger partial charge in [-0.3, -0.25) is 4.99 Å². The summed E-state index contributed by atoms with van der Waals surface area (Å²) < 4.78 is 5.19. The van der Waals surface area contributed by atoms with Gasteiger partial charge in [-0.2, -0.15) is 0 Å². The van der Waals surface area contributed by atoms with Crippen LogP contribution in [-0.2, 0) is 0 Å². The summed E-state index contributed by atoms with van der Waals surface area (Å²) in [5.74, 6) is 1.41. The van der Waals surface area contributed by atoms with Crippen molar-refractivity contribution in [1.29, 1.82) is 0 Å². The van der Waals surface area contributed by atoms with Crippen molar-refractivity contribution in [3.05, 3.63) is 53.6 Å². The molecule has 132 valence electrons. The Labute approximate surface area is 151 Å². The van der Waals surface area contributed by atoms with E-state index in [4.69, 9.17) is 4.74 Å². The smallest absolute Gasteiger partial charge is 0.119 e. The molecule has 0 aromatic heterocycles. The quantitative estimate of drug-likeness (QED) is 0.683. The average molecular weight is 336 g/mol. The van der Waals surface area contributed by atoms with Crippen LogP contribution in [0.3, 0.4) is 0 Å². The van der Waals surface area contributed by atoms with Gasteiger partial charge in [0.1, 0.15) is 5.75 Å². The van der Waals surface area contributed by atoms with Crippen LogP contribution in [0.15, 0.2) is 47.5 Å². The topological polar surface area (TPSA) is 24.8 Å². The fourth-order valence-corrected chi connectivity index (χ4v) is 4.01. The molecule has 3 heteroatoms. The maximum absolute atomic E-state index is 5.19. The van der Waals surface area contributed by atoms with Crippen LogP contribution in [0.2, 0.25) is 0 Å². The third kappa shape index (κ3) is 3.55. The van der Waals surface area contributed by atoms with Crippen molar-refractivity contribution in [3.63, 3.8) is 0 Å². The summed E-state index contributed by atoms with van der Waals surface area (Å²) >= 11 is 0. The van der Waals surface area contributed by atoms with Crippen molar-refractivity contribution in [1.82, 2.24) is 0 Å². The lowest BCUT2D eigenvalue weighted by atomic mass is 9.79. The number of benzene rings is 2. The van der Waals surface area contributed by atoms with Crippen molar-refractivity contribution < 1.29 is 4.74 Å². The van der Waals surface area contributed by atoms with E-state index in [1.54, 1.807) is 7.11 Å². The van der Waals surface area contributed by atoms with E-state index in [1.807, 2.05) is 30.5 Å². The Kier molecular flexibility index (Phi) is 4.85. The third-order valence-corrected chi connectivity index (χ3v) is 5.16. The molecule has 3 nitrogen and oxygen atoms in total. The predicted molar refractivity (Wildman–Crippen MR) is 107 cm³/mol. The van der Waals surface area contributed by atoms with Crippen LogP contribution in [0.25, 0.3) is 0 Å². The summed E-state index contributed by atoms with van der Waals surface area (Å²) in [5.41, 5.74) is 5.09. The van der Waals surface area contributed by atoms with E-state index in [2.05, 4.69) is 55.8 Å². The van der Waals surface area contributed by atoms with E-state index in [-0.39, 0.29) is 5.54 Å². The van der Waals surface area contributed by atoms with Gasteiger partial charge in [-0.1, -0.05) is 13.0 Å². The van der Waals surface area contributed by atoms with Gasteiger partial charge in [0, 0.05) is 24.0 Å². The Morgan fingerprint density at radius 2 is 1.92 bits per heavy atom. The van der Waals surface area contributed by atoms with Gasteiger partial charge in [-0.15, -0.1) is 0 Å². The maximum atomic E-state index is 5.19. The molecule has 1 aliphatic rings. The van der Waals surface area contributed by atoms with Crippen LogP contribution in [0.4, 0.5) is 11.4 Å². The van der Waals surface area contributed by atoms with Gasteiger partial charge >= 0.3 is 0 Å². The molecule has 25 heavy (non-hydrogen) atoms. The summed E-state index contributed by atoms with van der Waals surface area (Å²) in [6.07, 6.45) is 3.12. The summed E-state index contributed by atoms with van der Waals surface area (Å²) in [6.45, 7) is 10.3. The fraction of sp³-hybridized carbons (Fsp3) is 0.409. The maximum Gasteiger partial charge on any atom is 0.119 e. The molecule has 0 N–H and O–H groups in total. The highest BCUT2D eigenvalue weighted by molar-refractivity contribution is 5.83. The zero-order chi connectivity index (χ0) is 18.0. The molecule has 0 aliphatic carbocycles. The van der Waals surface area contributed by atoms with Crippen LogP contribution in [0.1, 0.15) is 51.2 Å². The molecule has 1 heterocycles. The van der Waals surface area contributed by atoms with Crippen LogP contribution < -0.4 is 9.64 Å². The van der Waals surface area contributed by atoms with E-state index in [0.717, 1.165) is 23.5 Å². The Hall–Kier alpha value is -2.29. The number of rotatable bonds is 4. The molecule has 0 bridgehead atoms. The van der Waals surface area contributed by atoms with Crippen LogP contribution in [-0.4, -0.2) is 25.4 Å². The van der Waals surface area contributed by atoms with Crippen LogP contribution >= 0.6 is 0 Å². The first-order valence-electron chi connectivity index (χ1n) is 9.04. The molecule has 2 aromatic rings. The van der Waals surface area contributed by atoms with Gasteiger partial charge in [-0.05, 0) is 80.6 Å². The SMILES string of the molecule is CCN1c2ccc(C=Nc3ccc(OC)cc3)cc2[C@@H](C)CC1(C)C. The van der Waals surface area contributed by atoms with Gasteiger partial charge < -0.3 is 9.64 Å². The molecule has 0 saturated heterocycles. The van der Waals surface area contributed by atoms with Gasteiger partial charge in [0.15, 0.2) is 0 Å². The summed E-state index contributed by atoms with van der Waals surface area (Å²) in [4.78, 5) is 7.12. The fourth-order valence-electron chi connectivity index (χ4n) is 4.01. The number of fused-ring (bicyclic) bond motifs is 1. The van der Waals surface area contributed by atoms with Crippen molar-refractivity contribution in [2.45, 2.75) is 45.6 Å². The summed E-state index contributed by atoms with van der Waals surface area (Å²) in [6, 6.07) is 14.5. The largest absolute Gasteiger partial charge is 0.497 e. The minimum absolute atomic E-state index is 0.208. The molecule has 2 aromatic carbocycles. The molecule has 3 rings (SSSR count). The molecule has 0 saturated carbocycles. The Balaban J connectivity index is 1.87. The number of hydrogen-bond acceptors (Lipinski definition) is 3. The summed E-state index contributed by atoms with van der Waals surface area (Å²) in [5, 5.41) is 0. The summed E-state index contributed by atoms with van der Waals surface area (Å²) in [7, 11) is 1.67. The molecule has 0 amide bonds. The van der Waals surface area contributed by atoms with E-state index in [0.29, 0.717) is 5.92 Å². The normalized spacial score (nSPS) is 19.1. The van der Waals surface area contributed by atoms with E-state index in [1.165, 1.54) is 17.7 Å². The number of methoxy groups -OCH3 is 1. The molecule has 1 atom stereocenters. The molecule has 0 fully saturated rings. The van der Waals surface area contributed by atoms with Gasteiger partial charge in [0.2, 0.25) is 0 Å². The second-order valence-electron chi connectivity index (χ2n) is 7.44. The molecular weight excluding hydrogens is 308 g/mol. The first-order valence-corrected chi connectivity index (χ1v) is 9.04.